The Labute approximate surface area is 170 Å². The van der Waals surface area contributed by atoms with Gasteiger partial charge in [-0.05, 0) is 37.0 Å². The number of amides is 1. The molecule has 0 bridgehead atoms. The van der Waals surface area contributed by atoms with Gasteiger partial charge in [0.2, 0.25) is 0 Å². The molecule has 0 radical (unpaired) electrons. The number of hydrogen-bond acceptors (Lipinski definition) is 4. The van der Waals surface area contributed by atoms with Crippen molar-refractivity contribution in [3.8, 4) is 0 Å². The third-order valence-electron chi connectivity index (χ3n) is 5.61. The third-order valence-corrected chi connectivity index (χ3v) is 5.61. The van der Waals surface area contributed by atoms with Crippen LogP contribution >= 0.6 is 0 Å². The number of carbonyl (C=O) groups excluding carboxylic acids is 1. The molecule has 4 rings (SSSR count). The van der Waals surface area contributed by atoms with E-state index < -0.39 is 0 Å². The van der Waals surface area contributed by atoms with Crippen LogP contribution in [0.4, 0.5) is 0 Å². The van der Waals surface area contributed by atoms with Gasteiger partial charge in [0.05, 0.1) is 10.9 Å². The maximum Gasteiger partial charge on any atom is 0.262 e. The normalized spacial score (nSPS) is 14.1. The van der Waals surface area contributed by atoms with Crippen LogP contribution in [0.25, 0.3) is 11.0 Å². The van der Waals surface area contributed by atoms with Gasteiger partial charge in [-0.25, -0.2) is 0 Å². The van der Waals surface area contributed by atoms with E-state index in [0.29, 0.717) is 35.4 Å². The largest absolute Gasteiger partial charge is 0.460 e. The summed E-state index contributed by atoms with van der Waals surface area (Å²) >= 11 is 0. The summed E-state index contributed by atoms with van der Waals surface area (Å²) in [7, 11) is 0. The number of nitrogens with zero attached hydrogens (tertiary/aromatic N) is 2. The third kappa shape index (κ3) is 3.85. The lowest BCUT2D eigenvalue weighted by molar-refractivity contribution is 0.0947. The molecule has 0 atom stereocenters. The average molecular weight is 393 g/mol. The first-order valence-electron chi connectivity index (χ1n) is 10.3. The highest BCUT2D eigenvalue weighted by molar-refractivity contribution is 6.06. The van der Waals surface area contributed by atoms with E-state index in [0.717, 1.165) is 32.5 Å². The lowest BCUT2D eigenvalue weighted by Gasteiger charge is -2.28. The minimum absolute atomic E-state index is 0.168. The number of rotatable bonds is 6. The number of aryl methyl sites for hydroxylation is 2. The monoisotopic (exact) mass is 393 g/mol. The highest BCUT2D eigenvalue weighted by Gasteiger charge is 2.22. The summed E-state index contributed by atoms with van der Waals surface area (Å²) in [6.45, 7) is 7.57. The van der Waals surface area contributed by atoms with Crippen molar-refractivity contribution < 1.29 is 9.21 Å². The summed E-state index contributed by atoms with van der Waals surface area (Å²) in [5.41, 5.74) is 3.44. The van der Waals surface area contributed by atoms with Crippen molar-refractivity contribution in [3.05, 3.63) is 69.3 Å². The van der Waals surface area contributed by atoms with Crippen molar-refractivity contribution in [1.29, 1.82) is 0 Å². The van der Waals surface area contributed by atoms with Gasteiger partial charge < -0.3 is 14.3 Å². The maximum absolute atomic E-state index is 12.9. The summed E-state index contributed by atoms with van der Waals surface area (Å²) in [5, 5.41) is 3.36. The lowest BCUT2D eigenvalue weighted by Crippen LogP contribution is -2.38. The Balaban J connectivity index is 1.45. The van der Waals surface area contributed by atoms with E-state index in [1.807, 2.05) is 6.92 Å². The molecule has 0 saturated heterocycles. The van der Waals surface area contributed by atoms with E-state index >= 15 is 0 Å². The van der Waals surface area contributed by atoms with Gasteiger partial charge in [-0.2, -0.15) is 0 Å². The van der Waals surface area contributed by atoms with Crippen LogP contribution in [0, 0.1) is 6.92 Å². The van der Waals surface area contributed by atoms with Crippen LogP contribution in [0.3, 0.4) is 0 Å². The van der Waals surface area contributed by atoms with Crippen molar-refractivity contribution in [1.82, 2.24) is 14.8 Å². The smallest absolute Gasteiger partial charge is 0.262 e. The van der Waals surface area contributed by atoms with E-state index in [1.165, 1.54) is 11.1 Å². The van der Waals surface area contributed by atoms with Crippen molar-refractivity contribution in [2.24, 2.45) is 0 Å². The van der Waals surface area contributed by atoms with Gasteiger partial charge in [-0.15, -0.1) is 0 Å². The van der Waals surface area contributed by atoms with Crippen LogP contribution < -0.4 is 10.9 Å². The second kappa shape index (κ2) is 8.25. The van der Waals surface area contributed by atoms with Crippen LogP contribution in [-0.2, 0) is 19.5 Å². The van der Waals surface area contributed by atoms with Gasteiger partial charge in [0.1, 0.15) is 11.3 Å². The number of furan rings is 1. The molecular formula is C23H27N3O3. The fraction of sp³-hybridized carbons (Fsp3) is 0.391. The second-order valence-electron chi connectivity index (χ2n) is 7.64. The molecule has 3 aromatic rings. The number of nitrogens with one attached hydrogen (secondary N) is 1. The van der Waals surface area contributed by atoms with E-state index in [4.69, 9.17) is 4.42 Å². The fourth-order valence-corrected chi connectivity index (χ4v) is 4.12. The van der Waals surface area contributed by atoms with Crippen LogP contribution in [0.5, 0.6) is 0 Å². The Morgan fingerprint density at radius 2 is 1.97 bits per heavy atom. The molecule has 1 aromatic carbocycles. The molecule has 0 fully saturated rings. The van der Waals surface area contributed by atoms with E-state index in [1.54, 1.807) is 23.8 Å². The number of carbonyl (C=O) groups is 1. The number of aromatic nitrogens is 1. The second-order valence-corrected chi connectivity index (χ2v) is 7.64. The molecule has 1 amide bonds. The van der Waals surface area contributed by atoms with Gasteiger partial charge in [0.25, 0.3) is 11.5 Å². The molecule has 1 aliphatic rings. The van der Waals surface area contributed by atoms with Gasteiger partial charge >= 0.3 is 0 Å². The minimum atomic E-state index is -0.245. The van der Waals surface area contributed by atoms with Crippen LogP contribution in [0.1, 0.15) is 40.6 Å². The predicted molar refractivity (Wildman–Crippen MR) is 113 cm³/mol. The van der Waals surface area contributed by atoms with Crippen LogP contribution in [0.15, 0.2) is 45.7 Å². The molecule has 6 heteroatoms. The summed E-state index contributed by atoms with van der Waals surface area (Å²) in [5.74, 6) is 0.237. The maximum atomic E-state index is 12.9. The standard InChI is InChI=1S/C23H27N3O3/c1-3-11-26-13-9-19-21(23(26)28)20(16(2)29-19)22(27)24-10-14-25-12-8-17-6-4-5-7-18(17)15-25/h4-7,9,13H,3,8,10-12,14-15H2,1-2H3,(H,24,27). The van der Waals surface area contributed by atoms with Crippen LogP contribution in [-0.4, -0.2) is 35.0 Å². The van der Waals surface area contributed by atoms with E-state index in [-0.39, 0.29) is 11.5 Å². The fourth-order valence-electron chi connectivity index (χ4n) is 4.12. The summed E-state index contributed by atoms with van der Waals surface area (Å²) in [6, 6.07) is 10.3. The first kappa shape index (κ1) is 19.5. The highest BCUT2D eigenvalue weighted by Crippen LogP contribution is 2.22. The minimum Gasteiger partial charge on any atom is -0.460 e. The Morgan fingerprint density at radius 1 is 1.17 bits per heavy atom. The molecule has 2 aromatic heterocycles. The van der Waals surface area contributed by atoms with Crippen molar-refractivity contribution in [2.45, 2.75) is 39.8 Å². The quantitative estimate of drug-likeness (QED) is 0.699. The molecule has 0 unspecified atom stereocenters. The summed E-state index contributed by atoms with van der Waals surface area (Å²) < 4.78 is 7.32. The van der Waals surface area contributed by atoms with Gasteiger partial charge in [-0.1, -0.05) is 31.2 Å². The zero-order valence-electron chi connectivity index (χ0n) is 17.0. The number of benzene rings is 1. The number of pyridine rings is 1. The number of fused-ring (bicyclic) bond motifs is 2. The van der Waals surface area contributed by atoms with Gasteiger partial charge in [0, 0.05) is 38.9 Å². The lowest BCUT2D eigenvalue weighted by atomic mass is 10.00. The molecule has 1 N–H and O–H groups in total. The van der Waals surface area contributed by atoms with Crippen molar-refractivity contribution >= 4 is 16.9 Å². The first-order valence-corrected chi connectivity index (χ1v) is 10.3. The summed E-state index contributed by atoms with van der Waals surface area (Å²) in [4.78, 5) is 28.0. The molecule has 29 heavy (non-hydrogen) atoms. The highest BCUT2D eigenvalue weighted by atomic mass is 16.3. The Bertz CT molecular complexity index is 1100. The predicted octanol–water partition coefficient (Wildman–Crippen LogP) is 3.10. The molecular weight excluding hydrogens is 366 g/mol. The topological polar surface area (TPSA) is 67.5 Å². The first-order chi connectivity index (χ1) is 14.1. The Kier molecular flexibility index (Phi) is 5.53. The van der Waals surface area contributed by atoms with E-state index in [2.05, 4.69) is 34.5 Å². The molecule has 1 aliphatic heterocycles. The molecule has 3 heterocycles. The van der Waals surface area contributed by atoms with E-state index in [9.17, 15) is 9.59 Å². The molecule has 0 spiro atoms. The van der Waals surface area contributed by atoms with Gasteiger partial charge in [0.15, 0.2) is 0 Å². The molecule has 152 valence electrons. The zero-order chi connectivity index (χ0) is 20.4. The van der Waals surface area contributed by atoms with Crippen LogP contribution in [0.2, 0.25) is 0 Å². The number of hydrogen-bond donors (Lipinski definition) is 1. The molecule has 6 nitrogen and oxygen atoms in total. The zero-order valence-corrected chi connectivity index (χ0v) is 17.0. The summed E-state index contributed by atoms with van der Waals surface area (Å²) in [6.07, 6.45) is 3.61. The Morgan fingerprint density at radius 3 is 2.76 bits per heavy atom. The molecule has 0 saturated carbocycles. The SMILES string of the molecule is CCCn1ccc2oc(C)c(C(=O)NCCN3CCc4ccccc4C3)c2c1=O. The van der Waals surface area contributed by atoms with Crippen molar-refractivity contribution in [3.63, 3.8) is 0 Å². The average Bonchev–Trinajstić information content (AvgIpc) is 3.07. The van der Waals surface area contributed by atoms with Crippen molar-refractivity contribution in [2.75, 3.05) is 19.6 Å². The Hall–Kier alpha value is -2.86. The molecule has 0 aliphatic carbocycles. The van der Waals surface area contributed by atoms with Gasteiger partial charge in [-0.3, -0.25) is 14.5 Å².